The first-order chi connectivity index (χ1) is 7.25. The smallest absolute Gasteiger partial charge is 0.141 e. The van der Waals surface area contributed by atoms with Gasteiger partial charge in [0, 0.05) is 0 Å². The molecule has 0 saturated carbocycles. The van der Waals surface area contributed by atoms with Crippen molar-refractivity contribution in [3.05, 3.63) is 70.5 Å². The fourth-order valence-electron chi connectivity index (χ4n) is 1.48. The first-order valence-electron chi connectivity index (χ1n) is 4.73. The van der Waals surface area contributed by atoms with Crippen molar-refractivity contribution in [3.63, 3.8) is 0 Å². The summed E-state index contributed by atoms with van der Waals surface area (Å²) in [6.45, 7) is 0. The van der Waals surface area contributed by atoms with Gasteiger partial charge in [-0.15, -0.1) is 0 Å². The second kappa shape index (κ2) is 4.45. The van der Waals surface area contributed by atoms with Crippen molar-refractivity contribution < 1.29 is 4.39 Å². The molecule has 0 radical (unpaired) electrons. The van der Waals surface area contributed by atoms with Crippen LogP contribution in [0.3, 0.4) is 0 Å². The zero-order valence-electron chi connectivity index (χ0n) is 8.08. The van der Waals surface area contributed by atoms with Crippen LogP contribution in [0, 0.1) is 5.82 Å². The molecule has 2 aromatic carbocycles. The molecule has 0 spiro atoms. The van der Waals surface area contributed by atoms with Crippen molar-refractivity contribution in [2.45, 2.75) is 6.42 Å². The molecular weight excluding hydrogens is 211 g/mol. The number of hydrogen-bond acceptors (Lipinski definition) is 0. The van der Waals surface area contributed by atoms with Gasteiger partial charge >= 0.3 is 0 Å². The predicted octanol–water partition coefficient (Wildman–Crippen LogP) is 4.07. The van der Waals surface area contributed by atoms with Crippen molar-refractivity contribution in [2.75, 3.05) is 0 Å². The molecule has 15 heavy (non-hydrogen) atoms. The van der Waals surface area contributed by atoms with Gasteiger partial charge in [-0.05, 0) is 29.7 Å². The molecule has 2 rings (SSSR count). The molecular formula is C13H10ClF. The zero-order chi connectivity index (χ0) is 10.7. The highest BCUT2D eigenvalue weighted by Gasteiger charge is 2.01. The van der Waals surface area contributed by atoms with Crippen molar-refractivity contribution in [1.29, 1.82) is 0 Å². The molecule has 0 N–H and O–H groups in total. The van der Waals surface area contributed by atoms with E-state index in [4.69, 9.17) is 11.6 Å². The largest absolute Gasteiger partial charge is 0.205 e. The van der Waals surface area contributed by atoms with E-state index in [1.165, 1.54) is 11.6 Å². The SMILES string of the molecule is Fc1ccc(Cc2ccccc2)cc1Cl. The Morgan fingerprint density at radius 3 is 2.33 bits per heavy atom. The van der Waals surface area contributed by atoms with Gasteiger partial charge < -0.3 is 0 Å². The summed E-state index contributed by atoms with van der Waals surface area (Å²) < 4.78 is 12.9. The molecule has 0 aromatic heterocycles. The monoisotopic (exact) mass is 220 g/mol. The Morgan fingerprint density at radius 2 is 1.67 bits per heavy atom. The fraction of sp³-hybridized carbons (Fsp3) is 0.0769. The van der Waals surface area contributed by atoms with Crippen molar-refractivity contribution in [3.8, 4) is 0 Å². The van der Waals surface area contributed by atoms with E-state index in [2.05, 4.69) is 0 Å². The van der Waals surface area contributed by atoms with E-state index in [0.717, 1.165) is 12.0 Å². The Hall–Kier alpha value is -1.34. The molecule has 0 amide bonds. The topological polar surface area (TPSA) is 0 Å². The predicted molar refractivity (Wildman–Crippen MR) is 60.7 cm³/mol. The van der Waals surface area contributed by atoms with E-state index >= 15 is 0 Å². The lowest BCUT2D eigenvalue weighted by atomic mass is 10.1. The van der Waals surface area contributed by atoms with Gasteiger partial charge in [-0.25, -0.2) is 4.39 Å². The summed E-state index contributed by atoms with van der Waals surface area (Å²) in [5.41, 5.74) is 2.22. The lowest BCUT2D eigenvalue weighted by molar-refractivity contribution is 0.627. The van der Waals surface area contributed by atoms with Gasteiger partial charge in [0.1, 0.15) is 5.82 Å². The average molecular weight is 221 g/mol. The highest BCUT2D eigenvalue weighted by atomic mass is 35.5. The van der Waals surface area contributed by atoms with E-state index in [9.17, 15) is 4.39 Å². The molecule has 2 heteroatoms. The third-order valence-electron chi connectivity index (χ3n) is 2.24. The van der Waals surface area contributed by atoms with Crippen LogP contribution in [0.5, 0.6) is 0 Å². The van der Waals surface area contributed by atoms with E-state index < -0.39 is 0 Å². The maximum absolute atomic E-state index is 12.9. The molecule has 0 nitrogen and oxygen atoms in total. The highest BCUT2D eigenvalue weighted by molar-refractivity contribution is 6.30. The molecule has 0 bridgehead atoms. The van der Waals surface area contributed by atoms with Crippen LogP contribution in [0.1, 0.15) is 11.1 Å². The second-order valence-corrected chi connectivity index (χ2v) is 3.82. The lowest BCUT2D eigenvalue weighted by Gasteiger charge is -2.02. The Morgan fingerprint density at radius 1 is 0.933 bits per heavy atom. The van der Waals surface area contributed by atoms with Crippen LogP contribution in [0.2, 0.25) is 5.02 Å². The zero-order valence-corrected chi connectivity index (χ0v) is 8.84. The Balaban J connectivity index is 2.22. The van der Waals surface area contributed by atoms with Crippen LogP contribution in [0.4, 0.5) is 4.39 Å². The highest BCUT2D eigenvalue weighted by Crippen LogP contribution is 2.18. The maximum Gasteiger partial charge on any atom is 0.141 e. The summed E-state index contributed by atoms with van der Waals surface area (Å²) in [5.74, 6) is -0.367. The normalized spacial score (nSPS) is 10.3. The third-order valence-corrected chi connectivity index (χ3v) is 2.52. The van der Waals surface area contributed by atoms with Gasteiger partial charge in [-0.2, -0.15) is 0 Å². The summed E-state index contributed by atoms with van der Waals surface area (Å²) in [5, 5.41) is 0.184. The standard InChI is InChI=1S/C13H10ClF/c14-12-9-11(6-7-13(12)15)8-10-4-2-1-3-5-10/h1-7,9H,8H2. The molecule has 76 valence electrons. The molecule has 0 aliphatic heterocycles. The Kier molecular flexibility index (Phi) is 3.02. The van der Waals surface area contributed by atoms with Crippen LogP contribution in [0.15, 0.2) is 48.5 Å². The minimum Gasteiger partial charge on any atom is -0.205 e. The lowest BCUT2D eigenvalue weighted by Crippen LogP contribution is -1.88. The summed E-state index contributed by atoms with van der Waals surface area (Å²) in [4.78, 5) is 0. The van der Waals surface area contributed by atoms with Gasteiger partial charge in [0.05, 0.1) is 5.02 Å². The molecule has 0 aliphatic carbocycles. The minimum atomic E-state index is -0.367. The minimum absolute atomic E-state index is 0.184. The van der Waals surface area contributed by atoms with Crippen molar-refractivity contribution >= 4 is 11.6 Å². The van der Waals surface area contributed by atoms with Gasteiger partial charge in [-0.3, -0.25) is 0 Å². The van der Waals surface area contributed by atoms with E-state index in [1.807, 2.05) is 30.3 Å². The van der Waals surface area contributed by atoms with Crippen LogP contribution in [-0.4, -0.2) is 0 Å². The molecule has 0 heterocycles. The van der Waals surface area contributed by atoms with Gasteiger partial charge in [0.2, 0.25) is 0 Å². The van der Waals surface area contributed by atoms with Gasteiger partial charge in [0.25, 0.3) is 0 Å². The number of halogens is 2. The first-order valence-corrected chi connectivity index (χ1v) is 5.11. The number of rotatable bonds is 2. The van der Waals surface area contributed by atoms with Crippen LogP contribution in [0.25, 0.3) is 0 Å². The third kappa shape index (κ3) is 2.57. The van der Waals surface area contributed by atoms with Crippen LogP contribution in [-0.2, 0) is 6.42 Å². The van der Waals surface area contributed by atoms with E-state index in [-0.39, 0.29) is 10.8 Å². The van der Waals surface area contributed by atoms with Gasteiger partial charge in [-0.1, -0.05) is 48.0 Å². The molecule has 0 unspecified atom stereocenters. The summed E-state index contributed by atoms with van der Waals surface area (Å²) in [6, 6.07) is 14.9. The number of hydrogen-bond donors (Lipinski definition) is 0. The van der Waals surface area contributed by atoms with Gasteiger partial charge in [0.15, 0.2) is 0 Å². The van der Waals surface area contributed by atoms with E-state index in [0.29, 0.717) is 0 Å². The maximum atomic E-state index is 12.9. The molecule has 0 aliphatic rings. The fourth-order valence-corrected chi connectivity index (χ4v) is 1.68. The van der Waals surface area contributed by atoms with Crippen LogP contribution < -0.4 is 0 Å². The van der Waals surface area contributed by atoms with Crippen molar-refractivity contribution in [1.82, 2.24) is 0 Å². The van der Waals surface area contributed by atoms with E-state index in [1.54, 1.807) is 12.1 Å². The molecule has 2 aromatic rings. The average Bonchev–Trinajstić information content (AvgIpc) is 2.25. The summed E-state index contributed by atoms with van der Waals surface area (Å²) in [6.07, 6.45) is 0.779. The summed E-state index contributed by atoms with van der Waals surface area (Å²) in [7, 11) is 0. The Labute approximate surface area is 93.3 Å². The quantitative estimate of drug-likeness (QED) is 0.716. The second-order valence-electron chi connectivity index (χ2n) is 3.41. The first kappa shape index (κ1) is 10.2. The number of benzene rings is 2. The van der Waals surface area contributed by atoms with Crippen molar-refractivity contribution in [2.24, 2.45) is 0 Å². The molecule has 0 fully saturated rings. The molecule has 0 atom stereocenters. The van der Waals surface area contributed by atoms with Crippen LogP contribution >= 0.6 is 11.6 Å². The Bertz CT molecular complexity index is 451. The molecule has 0 saturated heterocycles. The summed E-state index contributed by atoms with van der Waals surface area (Å²) >= 11 is 5.71.